The first-order valence-corrected chi connectivity index (χ1v) is 6.81. The molecule has 0 radical (unpaired) electrons. The number of hydrogen-bond donors (Lipinski definition) is 2. The fourth-order valence-electron chi connectivity index (χ4n) is 1.51. The van der Waals surface area contributed by atoms with Crippen LogP contribution >= 0.6 is 0 Å². The fraction of sp³-hybridized carbons (Fsp3) is 0. The molecule has 4 nitrogen and oxygen atoms in total. The molecule has 3 N–H and O–H groups in total. The molecule has 8 heteroatoms. The third-order valence-corrected chi connectivity index (χ3v) is 3.81. The largest absolute Gasteiger partial charge is 0.399 e. The molecule has 2 aromatic rings. The Kier molecular flexibility index (Phi) is 3.58. The van der Waals surface area contributed by atoms with Crippen molar-refractivity contribution in [3.63, 3.8) is 0 Å². The van der Waals surface area contributed by atoms with E-state index >= 15 is 0 Å². The maximum Gasteiger partial charge on any atom is 0.265 e. The Balaban J connectivity index is 2.49. The van der Waals surface area contributed by atoms with Gasteiger partial charge in [-0.2, -0.15) is 0 Å². The predicted molar refractivity (Wildman–Crippen MR) is 68.0 cm³/mol. The van der Waals surface area contributed by atoms with Gasteiger partial charge in [-0.3, -0.25) is 4.72 Å². The molecular formula is C12H9F3N2O2S. The number of nitrogens with one attached hydrogen (secondary N) is 1. The van der Waals surface area contributed by atoms with E-state index in [1.165, 1.54) is 0 Å². The fourth-order valence-corrected chi connectivity index (χ4v) is 2.70. The number of anilines is 2. The van der Waals surface area contributed by atoms with Gasteiger partial charge in [0.2, 0.25) is 0 Å². The van der Waals surface area contributed by atoms with Gasteiger partial charge in [0, 0.05) is 5.69 Å². The van der Waals surface area contributed by atoms with Crippen molar-refractivity contribution in [2.45, 2.75) is 4.90 Å². The third-order valence-electron chi connectivity index (χ3n) is 2.44. The molecule has 2 rings (SSSR count). The first-order chi connectivity index (χ1) is 9.31. The van der Waals surface area contributed by atoms with Crippen LogP contribution in [0.1, 0.15) is 0 Å². The Hall–Kier alpha value is -2.22. The number of rotatable bonds is 3. The van der Waals surface area contributed by atoms with E-state index in [1.54, 1.807) is 4.72 Å². The van der Waals surface area contributed by atoms with Crippen molar-refractivity contribution in [3.8, 4) is 0 Å². The van der Waals surface area contributed by atoms with Crippen LogP contribution in [-0.2, 0) is 10.0 Å². The molecule has 0 aliphatic rings. The number of benzene rings is 2. The van der Waals surface area contributed by atoms with Crippen molar-refractivity contribution >= 4 is 21.4 Å². The molecule has 0 aliphatic carbocycles. The van der Waals surface area contributed by atoms with Crippen LogP contribution in [0.2, 0.25) is 0 Å². The van der Waals surface area contributed by atoms with Crippen LogP contribution in [-0.4, -0.2) is 8.42 Å². The summed E-state index contributed by atoms with van der Waals surface area (Å²) < 4.78 is 65.8. The first kappa shape index (κ1) is 14.2. The summed E-state index contributed by atoms with van der Waals surface area (Å²) >= 11 is 0. The lowest BCUT2D eigenvalue weighted by atomic mass is 10.3. The van der Waals surface area contributed by atoms with Crippen LogP contribution in [0.5, 0.6) is 0 Å². The normalized spacial score (nSPS) is 11.3. The molecule has 0 aliphatic heterocycles. The standard InChI is InChI=1S/C12H9F3N2O2S/c13-8-5-4-7(16)6-11(8)20(18,19)17-12-9(14)2-1-3-10(12)15/h1-6,17H,16H2. The second-order valence-corrected chi connectivity index (χ2v) is 5.54. The van der Waals surface area contributed by atoms with E-state index in [2.05, 4.69) is 0 Å². The van der Waals surface area contributed by atoms with Gasteiger partial charge in [-0.1, -0.05) is 6.07 Å². The number of nitrogen functional groups attached to an aromatic ring is 1. The van der Waals surface area contributed by atoms with Gasteiger partial charge in [0.1, 0.15) is 28.0 Å². The van der Waals surface area contributed by atoms with Gasteiger partial charge in [-0.25, -0.2) is 21.6 Å². The molecule has 0 atom stereocenters. The third kappa shape index (κ3) is 2.69. The Labute approximate surface area is 113 Å². The summed E-state index contributed by atoms with van der Waals surface area (Å²) in [5.41, 5.74) is 4.49. The van der Waals surface area contributed by atoms with Gasteiger partial charge < -0.3 is 5.73 Å². The minimum absolute atomic E-state index is 0.000723. The van der Waals surface area contributed by atoms with Crippen molar-refractivity contribution in [1.82, 2.24) is 0 Å². The van der Waals surface area contributed by atoms with Crippen molar-refractivity contribution in [3.05, 3.63) is 53.8 Å². The van der Waals surface area contributed by atoms with Gasteiger partial charge in [0.15, 0.2) is 0 Å². The van der Waals surface area contributed by atoms with Crippen LogP contribution in [0.25, 0.3) is 0 Å². The molecule has 0 amide bonds. The van der Waals surface area contributed by atoms with E-state index in [0.717, 1.165) is 36.4 Å². The van der Waals surface area contributed by atoms with Gasteiger partial charge >= 0.3 is 0 Å². The topological polar surface area (TPSA) is 72.2 Å². The highest BCUT2D eigenvalue weighted by atomic mass is 32.2. The van der Waals surface area contributed by atoms with Crippen LogP contribution in [0.15, 0.2) is 41.3 Å². The molecule has 0 aromatic heterocycles. The highest BCUT2D eigenvalue weighted by Gasteiger charge is 2.22. The minimum Gasteiger partial charge on any atom is -0.399 e. The van der Waals surface area contributed by atoms with E-state index in [4.69, 9.17) is 5.73 Å². The molecule has 0 saturated heterocycles. The smallest absolute Gasteiger partial charge is 0.265 e. The summed E-state index contributed by atoms with van der Waals surface area (Å²) in [5.74, 6) is -3.31. The lowest BCUT2D eigenvalue weighted by molar-refractivity contribution is 0.566. The van der Waals surface area contributed by atoms with Crippen LogP contribution in [0.4, 0.5) is 24.5 Å². The van der Waals surface area contributed by atoms with Crippen LogP contribution in [0, 0.1) is 17.5 Å². The molecule has 20 heavy (non-hydrogen) atoms. The molecule has 0 fully saturated rings. The number of nitrogens with two attached hydrogens (primary N) is 1. The molecule has 0 spiro atoms. The Bertz CT molecular complexity index is 743. The zero-order valence-corrected chi connectivity index (χ0v) is 10.7. The lowest BCUT2D eigenvalue weighted by Gasteiger charge is -2.10. The summed E-state index contributed by atoms with van der Waals surface area (Å²) in [6, 6.07) is 5.69. The molecule has 2 aromatic carbocycles. The van der Waals surface area contributed by atoms with Crippen LogP contribution in [0.3, 0.4) is 0 Å². The van der Waals surface area contributed by atoms with Gasteiger partial charge in [0.25, 0.3) is 10.0 Å². The molecule has 0 bridgehead atoms. The summed E-state index contributed by atoms with van der Waals surface area (Å²) in [6.07, 6.45) is 0. The summed E-state index contributed by atoms with van der Waals surface area (Å²) in [6.45, 7) is 0. The van der Waals surface area contributed by atoms with Gasteiger partial charge in [-0.05, 0) is 30.3 Å². The zero-order valence-electron chi connectivity index (χ0n) is 9.90. The maximum atomic E-state index is 13.5. The molecule has 0 heterocycles. The number of hydrogen-bond acceptors (Lipinski definition) is 3. The second-order valence-electron chi connectivity index (χ2n) is 3.89. The number of sulfonamides is 1. The van der Waals surface area contributed by atoms with E-state index in [0.29, 0.717) is 0 Å². The average molecular weight is 302 g/mol. The van der Waals surface area contributed by atoms with Crippen molar-refractivity contribution in [2.24, 2.45) is 0 Å². The Morgan fingerprint density at radius 1 is 0.950 bits per heavy atom. The van der Waals surface area contributed by atoms with Crippen molar-refractivity contribution < 1.29 is 21.6 Å². The summed E-state index contributed by atoms with van der Waals surface area (Å²) in [5, 5.41) is 0. The van der Waals surface area contributed by atoms with Crippen molar-refractivity contribution in [2.75, 3.05) is 10.5 Å². The van der Waals surface area contributed by atoms with E-state index in [-0.39, 0.29) is 5.69 Å². The highest BCUT2D eigenvalue weighted by molar-refractivity contribution is 7.92. The zero-order chi connectivity index (χ0) is 14.9. The average Bonchev–Trinajstić information content (AvgIpc) is 2.37. The first-order valence-electron chi connectivity index (χ1n) is 5.33. The minimum atomic E-state index is -4.50. The maximum absolute atomic E-state index is 13.5. The molecule has 0 unspecified atom stereocenters. The predicted octanol–water partition coefficient (Wildman–Crippen LogP) is 2.49. The Morgan fingerprint density at radius 3 is 2.15 bits per heavy atom. The molecule has 0 saturated carbocycles. The Morgan fingerprint density at radius 2 is 1.55 bits per heavy atom. The van der Waals surface area contributed by atoms with Crippen molar-refractivity contribution in [1.29, 1.82) is 0 Å². The number of halogens is 3. The molecule has 106 valence electrons. The van der Waals surface area contributed by atoms with E-state index in [9.17, 15) is 21.6 Å². The highest BCUT2D eigenvalue weighted by Crippen LogP contribution is 2.24. The monoisotopic (exact) mass is 302 g/mol. The quantitative estimate of drug-likeness (QED) is 0.856. The molecular weight excluding hydrogens is 293 g/mol. The van der Waals surface area contributed by atoms with Gasteiger partial charge in [0.05, 0.1) is 0 Å². The second kappa shape index (κ2) is 5.04. The van der Waals surface area contributed by atoms with E-state index in [1.807, 2.05) is 0 Å². The lowest BCUT2D eigenvalue weighted by Crippen LogP contribution is -2.16. The SMILES string of the molecule is Nc1ccc(F)c(S(=O)(=O)Nc2c(F)cccc2F)c1. The number of para-hydroxylation sites is 1. The van der Waals surface area contributed by atoms with E-state index < -0.39 is 38.1 Å². The summed E-state index contributed by atoms with van der Waals surface area (Å²) in [4.78, 5) is -0.792. The summed E-state index contributed by atoms with van der Waals surface area (Å²) in [7, 11) is -4.50. The van der Waals surface area contributed by atoms with Crippen LogP contribution < -0.4 is 10.5 Å². The van der Waals surface area contributed by atoms with Gasteiger partial charge in [-0.15, -0.1) is 0 Å².